The average Bonchev–Trinajstić information content (AvgIpc) is 2.42. The number of methoxy groups -OCH3 is 1. The van der Waals surface area contributed by atoms with Gasteiger partial charge in [-0.1, -0.05) is 29.8 Å². The maximum Gasteiger partial charge on any atom is 0.266 e. The third-order valence-electron chi connectivity index (χ3n) is 2.96. The molecule has 2 aromatic rings. The Kier molecular flexibility index (Phi) is 4.65. The van der Waals surface area contributed by atoms with Gasteiger partial charge in [-0.15, -0.1) is 0 Å². The number of ether oxygens (including phenoxy) is 1. The fourth-order valence-electron chi connectivity index (χ4n) is 1.90. The van der Waals surface area contributed by atoms with E-state index in [0.717, 1.165) is 11.1 Å². The van der Waals surface area contributed by atoms with Gasteiger partial charge < -0.3 is 9.84 Å². The van der Waals surface area contributed by atoms with Crippen LogP contribution in [-0.4, -0.2) is 34.7 Å². The second-order valence-corrected chi connectivity index (χ2v) is 4.71. The van der Waals surface area contributed by atoms with Crippen molar-refractivity contribution in [2.45, 2.75) is 19.6 Å². The number of aliphatic hydroxyl groups excluding tert-OH is 1. The van der Waals surface area contributed by atoms with Crippen LogP contribution in [0, 0.1) is 6.92 Å². The number of benzene rings is 1. The number of nitrogens with zero attached hydrogens (tertiary/aromatic N) is 2. The van der Waals surface area contributed by atoms with E-state index in [1.54, 1.807) is 6.07 Å². The highest BCUT2D eigenvalue weighted by Gasteiger charge is 2.08. The summed E-state index contributed by atoms with van der Waals surface area (Å²) in [5.74, 6) is 0. The molecular weight excluding hydrogens is 256 g/mol. The van der Waals surface area contributed by atoms with Crippen molar-refractivity contribution < 1.29 is 9.84 Å². The predicted octanol–water partition coefficient (Wildman–Crippen LogP) is 1.23. The van der Waals surface area contributed by atoms with E-state index in [2.05, 4.69) is 5.10 Å². The van der Waals surface area contributed by atoms with Crippen molar-refractivity contribution in [3.63, 3.8) is 0 Å². The first-order valence-corrected chi connectivity index (χ1v) is 6.42. The minimum Gasteiger partial charge on any atom is -0.389 e. The van der Waals surface area contributed by atoms with Crippen molar-refractivity contribution in [2.24, 2.45) is 0 Å². The van der Waals surface area contributed by atoms with Gasteiger partial charge in [-0.3, -0.25) is 4.79 Å². The Labute approximate surface area is 117 Å². The molecule has 1 N–H and O–H groups in total. The van der Waals surface area contributed by atoms with Gasteiger partial charge in [0.2, 0.25) is 0 Å². The van der Waals surface area contributed by atoms with Crippen LogP contribution in [-0.2, 0) is 11.3 Å². The van der Waals surface area contributed by atoms with E-state index in [-0.39, 0.29) is 18.7 Å². The molecule has 0 radical (unpaired) electrons. The van der Waals surface area contributed by atoms with Crippen molar-refractivity contribution in [1.29, 1.82) is 0 Å². The van der Waals surface area contributed by atoms with E-state index in [0.29, 0.717) is 5.69 Å². The second-order valence-electron chi connectivity index (χ2n) is 4.71. The Morgan fingerprint density at radius 3 is 2.60 bits per heavy atom. The van der Waals surface area contributed by atoms with E-state index in [1.807, 2.05) is 31.2 Å². The molecule has 0 spiro atoms. The lowest BCUT2D eigenvalue weighted by Gasteiger charge is -2.11. The lowest BCUT2D eigenvalue weighted by atomic mass is 10.1. The molecule has 1 aromatic heterocycles. The van der Waals surface area contributed by atoms with Gasteiger partial charge >= 0.3 is 0 Å². The predicted molar refractivity (Wildman–Crippen MR) is 76.6 cm³/mol. The molecule has 0 saturated heterocycles. The summed E-state index contributed by atoms with van der Waals surface area (Å²) >= 11 is 0. The topological polar surface area (TPSA) is 64.3 Å². The van der Waals surface area contributed by atoms with Crippen LogP contribution in [0.3, 0.4) is 0 Å². The van der Waals surface area contributed by atoms with Crippen molar-refractivity contribution in [3.05, 3.63) is 52.3 Å². The van der Waals surface area contributed by atoms with Crippen molar-refractivity contribution in [3.8, 4) is 11.3 Å². The lowest BCUT2D eigenvalue weighted by molar-refractivity contribution is 0.0505. The highest BCUT2D eigenvalue weighted by molar-refractivity contribution is 5.58. The normalized spacial score (nSPS) is 12.3. The zero-order valence-electron chi connectivity index (χ0n) is 11.6. The van der Waals surface area contributed by atoms with Crippen LogP contribution >= 0.6 is 0 Å². The molecule has 20 heavy (non-hydrogen) atoms. The molecule has 0 fully saturated rings. The lowest BCUT2D eigenvalue weighted by Crippen LogP contribution is -2.30. The van der Waals surface area contributed by atoms with Gasteiger partial charge in [0, 0.05) is 18.7 Å². The Bertz CT molecular complexity index is 620. The van der Waals surface area contributed by atoms with Gasteiger partial charge in [0.15, 0.2) is 0 Å². The van der Waals surface area contributed by atoms with Gasteiger partial charge in [-0.2, -0.15) is 5.10 Å². The minimum atomic E-state index is -0.751. The molecule has 0 bridgehead atoms. The Balaban J connectivity index is 2.28. The summed E-state index contributed by atoms with van der Waals surface area (Å²) in [5.41, 5.74) is 2.56. The number of aliphatic hydroxyl groups is 1. The molecule has 5 heteroatoms. The molecule has 0 amide bonds. The summed E-state index contributed by atoms with van der Waals surface area (Å²) in [7, 11) is 1.50. The minimum absolute atomic E-state index is 0.117. The molecule has 2 rings (SSSR count). The molecule has 0 aliphatic rings. The molecule has 1 aromatic carbocycles. The van der Waals surface area contributed by atoms with Crippen LogP contribution in [0.1, 0.15) is 5.56 Å². The van der Waals surface area contributed by atoms with Crippen LogP contribution in [0.5, 0.6) is 0 Å². The Morgan fingerprint density at radius 1 is 1.25 bits per heavy atom. The Morgan fingerprint density at radius 2 is 1.95 bits per heavy atom. The molecule has 1 heterocycles. The highest BCUT2D eigenvalue weighted by atomic mass is 16.5. The van der Waals surface area contributed by atoms with Gasteiger partial charge in [-0.05, 0) is 13.0 Å². The summed E-state index contributed by atoms with van der Waals surface area (Å²) in [4.78, 5) is 11.7. The van der Waals surface area contributed by atoms with Crippen LogP contribution in [0.15, 0.2) is 41.2 Å². The molecule has 5 nitrogen and oxygen atoms in total. The van der Waals surface area contributed by atoms with Crippen molar-refractivity contribution >= 4 is 0 Å². The van der Waals surface area contributed by atoms with Gasteiger partial charge in [0.25, 0.3) is 5.56 Å². The first-order valence-electron chi connectivity index (χ1n) is 6.42. The number of hydrogen-bond acceptors (Lipinski definition) is 4. The van der Waals surface area contributed by atoms with E-state index >= 15 is 0 Å². The molecule has 0 aliphatic heterocycles. The largest absolute Gasteiger partial charge is 0.389 e. The molecule has 0 saturated carbocycles. The maximum atomic E-state index is 11.7. The van der Waals surface area contributed by atoms with Crippen LogP contribution < -0.4 is 5.56 Å². The monoisotopic (exact) mass is 274 g/mol. The fourth-order valence-corrected chi connectivity index (χ4v) is 1.90. The summed E-state index contributed by atoms with van der Waals surface area (Å²) in [6, 6.07) is 11.0. The quantitative estimate of drug-likeness (QED) is 0.890. The summed E-state index contributed by atoms with van der Waals surface area (Å²) in [6.07, 6.45) is -0.751. The molecule has 1 atom stereocenters. The van der Waals surface area contributed by atoms with E-state index in [9.17, 15) is 9.90 Å². The summed E-state index contributed by atoms with van der Waals surface area (Å²) < 4.78 is 6.11. The first-order chi connectivity index (χ1) is 9.60. The standard InChI is InChI=1S/C15H18N2O3/c1-11-3-5-12(6-4-11)14-7-8-15(19)17(16-14)9-13(18)10-20-2/h3-8,13,18H,9-10H2,1-2H3/t13-/m1/s1. The zero-order chi connectivity index (χ0) is 14.5. The second kappa shape index (κ2) is 6.45. The van der Waals surface area contributed by atoms with E-state index in [4.69, 9.17) is 4.74 Å². The molecule has 0 unspecified atom stereocenters. The van der Waals surface area contributed by atoms with Gasteiger partial charge in [0.1, 0.15) is 0 Å². The van der Waals surface area contributed by atoms with Crippen molar-refractivity contribution in [2.75, 3.05) is 13.7 Å². The van der Waals surface area contributed by atoms with E-state index < -0.39 is 6.10 Å². The summed E-state index contributed by atoms with van der Waals surface area (Å²) in [6.45, 7) is 2.30. The van der Waals surface area contributed by atoms with E-state index in [1.165, 1.54) is 17.9 Å². The fraction of sp³-hybridized carbons (Fsp3) is 0.333. The molecule has 0 aliphatic carbocycles. The van der Waals surface area contributed by atoms with Crippen molar-refractivity contribution in [1.82, 2.24) is 9.78 Å². The van der Waals surface area contributed by atoms with Crippen LogP contribution in [0.25, 0.3) is 11.3 Å². The van der Waals surface area contributed by atoms with Crippen LogP contribution in [0.2, 0.25) is 0 Å². The van der Waals surface area contributed by atoms with Crippen LogP contribution in [0.4, 0.5) is 0 Å². The number of rotatable bonds is 5. The van der Waals surface area contributed by atoms with Gasteiger partial charge in [-0.25, -0.2) is 4.68 Å². The average molecular weight is 274 g/mol. The third kappa shape index (κ3) is 3.53. The maximum absolute atomic E-state index is 11.7. The number of aromatic nitrogens is 2. The zero-order valence-corrected chi connectivity index (χ0v) is 11.6. The third-order valence-corrected chi connectivity index (χ3v) is 2.96. The smallest absolute Gasteiger partial charge is 0.266 e. The first kappa shape index (κ1) is 14.4. The summed E-state index contributed by atoms with van der Waals surface area (Å²) in [5, 5.41) is 14.0. The number of aryl methyl sites for hydroxylation is 1. The molecular formula is C15H18N2O3. The SMILES string of the molecule is COC[C@H](O)Cn1nc(-c2ccc(C)cc2)ccc1=O. The number of hydrogen-bond donors (Lipinski definition) is 1. The van der Waals surface area contributed by atoms with Gasteiger partial charge in [0.05, 0.1) is 24.9 Å². The molecule has 106 valence electrons. The highest BCUT2D eigenvalue weighted by Crippen LogP contribution is 2.15. The Hall–Kier alpha value is -1.98.